The Morgan fingerprint density at radius 2 is 1.55 bits per heavy atom. The second kappa shape index (κ2) is 3.38. The average Bonchev–Trinajstić information content (AvgIpc) is 1.81. The molecule has 0 fully saturated rings. The van der Waals surface area contributed by atoms with Gasteiger partial charge >= 0.3 is 12.1 Å². The predicted octanol–water partition coefficient (Wildman–Crippen LogP) is 2.98. The summed E-state index contributed by atoms with van der Waals surface area (Å²) in [5.41, 5.74) is 0. The molecule has 0 saturated heterocycles. The molecule has 11 heavy (non-hydrogen) atoms. The van der Waals surface area contributed by atoms with E-state index in [0.717, 1.165) is 0 Å². The molecule has 6 heteroatoms. The molecule has 0 rings (SSSR count). The summed E-state index contributed by atoms with van der Waals surface area (Å²) in [6.07, 6.45) is -5.25. The fraction of sp³-hybridized carbons (Fsp3) is 0.600. The van der Waals surface area contributed by atoms with Gasteiger partial charge in [0.2, 0.25) is 0 Å². The fourth-order valence-corrected chi connectivity index (χ4v) is 0.376. The Balaban J connectivity index is 4.34. The lowest BCUT2D eigenvalue weighted by atomic mass is 10.3. The predicted molar refractivity (Wildman–Crippen MR) is 30.9 cm³/mol. The molecular formula is C5H4ClF5. The van der Waals surface area contributed by atoms with E-state index in [1.165, 1.54) is 0 Å². The van der Waals surface area contributed by atoms with Crippen LogP contribution >= 0.6 is 11.6 Å². The Morgan fingerprint density at radius 3 is 1.82 bits per heavy atom. The summed E-state index contributed by atoms with van der Waals surface area (Å²) in [4.78, 5) is 0. The summed E-state index contributed by atoms with van der Waals surface area (Å²) < 4.78 is 57.6. The van der Waals surface area contributed by atoms with E-state index in [2.05, 4.69) is 0 Å². The van der Waals surface area contributed by atoms with Gasteiger partial charge in [-0.25, -0.2) is 0 Å². The summed E-state index contributed by atoms with van der Waals surface area (Å²) in [6, 6.07) is 0. The maximum atomic E-state index is 11.8. The zero-order valence-corrected chi connectivity index (χ0v) is 5.89. The highest BCUT2D eigenvalue weighted by Gasteiger charge is 2.55. The smallest absolute Gasteiger partial charge is 0.192 e. The highest BCUT2D eigenvalue weighted by atomic mass is 35.5. The molecule has 0 heterocycles. The third-order valence-electron chi connectivity index (χ3n) is 0.794. The standard InChI is InChI=1S/C5H4ClF5/c6-3-1-2-4(7,8)5(9,10)11/h1-2H,3H2/b2-1+. The summed E-state index contributed by atoms with van der Waals surface area (Å²) in [5, 5.41) is 0. The average molecular weight is 195 g/mol. The quantitative estimate of drug-likeness (QED) is 0.360. The maximum Gasteiger partial charge on any atom is 0.457 e. The van der Waals surface area contributed by atoms with Crippen LogP contribution in [-0.4, -0.2) is 18.0 Å². The molecule has 0 aliphatic rings. The molecule has 0 atom stereocenters. The minimum atomic E-state index is -5.53. The lowest BCUT2D eigenvalue weighted by Gasteiger charge is -2.14. The Bertz CT molecular complexity index is 147. The maximum absolute atomic E-state index is 11.8. The molecule has 0 radical (unpaired) electrons. The van der Waals surface area contributed by atoms with Crippen molar-refractivity contribution in [3.63, 3.8) is 0 Å². The molecule has 0 N–H and O–H groups in total. The van der Waals surface area contributed by atoms with Gasteiger partial charge in [0.25, 0.3) is 0 Å². The van der Waals surface area contributed by atoms with Crippen molar-refractivity contribution in [3.05, 3.63) is 12.2 Å². The van der Waals surface area contributed by atoms with E-state index in [-0.39, 0.29) is 12.0 Å². The lowest BCUT2D eigenvalue weighted by Crippen LogP contribution is -2.34. The fourth-order valence-electron chi connectivity index (χ4n) is 0.287. The Morgan fingerprint density at radius 1 is 1.09 bits per heavy atom. The second-order valence-corrected chi connectivity index (χ2v) is 1.99. The van der Waals surface area contributed by atoms with Gasteiger partial charge in [-0.05, 0) is 6.08 Å². The van der Waals surface area contributed by atoms with E-state index < -0.39 is 12.1 Å². The first-order chi connectivity index (χ1) is 4.81. The number of alkyl halides is 6. The molecule has 0 saturated carbocycles. The monoisotopic (exact) mass is 194 g/mol. The van der Waals surface area contributed by atoms with E-state index in [4.69, 9.17) is 11.6 Å². The lowest BCUT2D eigenvalue weighted by molar-refractivity contribution is -0.259. The molecule has 0 spiro atoms. The van der Waals surface area contributed by atoms with E-state index in [1.54, 1.807) is 0 Å². The van der Waals surface area contributed by atoms with Gasteiger partial charge < -0.3 is 0 Å². The van der Waals surface area contributed by atoms with Gasteiger partial charge in [-0.3, -0.25) is 0 Å². The first-order valence-corrected chi connectivity index (χ1v) is 3.03. The van der Waals surface area contributed by atoms with Crippen LogP contribution in [0.4, 0.5) is 22.0 Å². The minimum absolute atomic E-state index is 0.264. The zero-order chi connectivity index (χ0) is 9.12. The molecule has 0 amide bonds. The summed E-state index contributed by atoms with van der Waals surface area (Å²) in [7, 11) is 0. The highest BCUT2D eigenvalue weighted by molar-refractivity contribution is 6.18. The summed E-state index contributed by atoms with van der Waals surface area (Å²) in [5.74, 6) is -5.15. The first kappa shape index (κ1) is 10.7. The number of hydrogen-bond acceptors (Lipinski definition) is 0. The molecule has 0 nitrogen and oxygen atoms in total. The normalized spacial score (nSPS) is 14.4. The van der Waals surface area contributed by atoms with Gasteiger partial charge in [0.05, 0.1) is 0 Å². The van der Waals surface area contributed by atoms with E-state index in [0.29, 0.717) is 6.08 Å². The van der Waals surface area contributed by atoms with Crippen molar-refractivity contribution >= 4 is 11.6 Å². The molecule has 66 valence electrons. The number of halogens is 6. The number of rotatable bonds is 2. The van der Waals surface area contributed by atoms with Crippen LogP contribution in [0.15, 0.2) is 12.2 Å². The third kappa shape index (κ3) is 3.05. The van der Waals surface area contributed by atoms with Gasteiger partial charge in [0, 0.05) is 5.88 Å². The van der Waals surface area contributed by atoms with Gasteiger partial charge in [-0.1, -0.05) is 6.08 Å². The summed E-state index contributed by atoms with van der Waals surface area (Å²) >= 11 is 4.87. The molecule has 0 aliphatic carbocycles. The van der Waals surface area contributed by atoms with Crippen molar-refractivity contribution in [2.75, 3.05) is 5.88 Å². The first-order valence-electron chi connectivity index (χ1n) is 2.49. The van der Waals surface area contributed by atoms with Gasteiger partial charge in [-0.15, -0.1) is 11.6 Å². The Hall–Kier alpha value is -0.320. The largest absolute Gasteiger partial charge is 0.457 e. The van der Waals surface area contributed by atoms with Crippen LogP contribution < -0.4 is 0 Å². The topological polar surface area (TPSA) is 0 Å². The molecule has 0 unspecified atom stereocenters. The minimum Gasteiger partial charge on any atom is -0.192 e. The molecule has 0 aliphatic heterocycles. The zero-order valence-electron chi connectivity index (χ0n) is 5.13. The molecular weight excluding hydrogens is 190 g/mol. The SMILES string of the molecule is FC(F)(F)C(F)(F)/C=C/CCl. The van der Waals surface area contributed by atoms with Crippen molar-refractivity contribution in [1.29, 1.82) is 0 Å². The molecule has 0 aromatic rings. The molecule has 0 bridgehead atoms. The van der Waals surface area contributed by atoms with Crippen LogP contribution in [0, 0.1) is 0 Å². The number of hydrogen-bond donors (Lipinski definition) is 0. The van der Waals surface area contributed by atoms with E-state index >= 15 is 0 Å². The van der Waals surface area contributed by atoms with Crippen LogP contribution in [-0.2, 0) is 0 Å². The Kier molecular flexibility index (Phi) is 3.29. The Labute approximate surface area is 64.6 Å². The van der Waals surface area contributed by atoms with E-state index in [1.807, 2.05) is 0 Å². The van der Waals surface area contributed by atoms with E-state index in [9.17, 15) is 22.0 Å². The van der Waals surface area contributed by atoms with Crippen molar-refractivity contribution in [3.8, 4) is 0 Å². The van der Waals surface area contributed by atoms with Crippen LogP contribution in [0.25, 0.3) is 0 Å². The molecule has 0 aromatic carbocycles. The second-order valence-electron chi connectivity index (χ2n) is 1.68. The van der Waals surface area contributed by atoms with Crippen LogP contribution in [0.2, 0.25) is 0 Å². The van der Waals surface area contributed by atoms with Gasteiger partial charge in [0.1, 0.15) is 0 Å². The number of allylic oxidation sites excluding steroid dienone is 2. The van der Waals surface area contributed by atoms with Crippen LogP contribution in [0.3, 0.4) is 0 Å². The third-order valence-corrected chi connectivity index (χ3v) is 0.972. The van der Waals surface area contributed by atoms with Crippen molar-refractivity contribution in [1.82, 2.24) is 0 Å². The van der Waals surface area contributed by atoms with Crippen LogP contribution in [0.5, 0.6) is 0 Å². The van der Waals surface area contributed by atoms with Crippen molar-refractivity contribution < 1.29 is 22.0 Å². The molecule has 0 aromatic heterocycles. The van der Waals surface area contributed by atoms with Crippen LogP contribution in [0.1, 0.15) is 0 Å². The van der Waals surface area contributed by atoms with Gasteiger partial charge in [-0.2, -0.15) is 22.0 Å². The van der Waals surface area contributed by atoms with Crippen molar-refractivity contribution in [2.24, 2.45) is 0 Å². The highest BCUT2D eigenvalue weighted by Crippen LogP contribution is 2.36. The van der Waals surface area contributed by atoms with Gasteiger partial charge in [0.15, 0.2) is 0 Å². The van der Waals surface area contributed by atoms with Crippen molar-refractivity contribution in [2.45, 2.75) is 12.1 Å². The summed E-state index contributed by atoms with van der Waals surface area (Å²) in [6.45, 7) is 0.